The molecule has 2 aromatic rings. The van der Waals surface area contributed by atoms with E-state index in [9.17, 15) is 0 Å². The van der Waals surface area contributed by atoms with E-state index in [2.05, 4.69) is 28.3 Å². The molecule has 0 aliphatic carbocycles. The molecule has 4 heteroatoms. The smallest absolute Gasteiger partial charge is 0.0737 e. The van der Waals surface area contributed by atoms with Crippen molar-refractivity contribution in [3.8, 4) is 0 Å². The number of hydrogen-bond donors (Lipinski definition) is 1. The standard InChI is InChI=1S/C14H18ClN3/c1-16-7-3-9-18(2)14-6-8-17-13-10-11(15)4-5-12(13)14/h4-6,8,10,16H,3,7,9H2,1-2H3. The minimum absolute atomic E-state index is 0.727. The van der Waals surface area contributed by atoms with Crippen LogP contribution in [-0.4, -0.2) is 32.2 Å². The summed E-state index contributed by atoms with van der Waals surface area (Å²) >= 11 is 5.99. The zero-order chi connectivity index (χ0) is 13.0. The van der Waals surface area contributed by atoms with E-state index in [0.29, 0.717) is 0 Å². The molecule has 0 radical (unpaired) electrons. The van der Waals surface area contributed by atoms with Crippen molar-refractivity contribution in [3.63, 3.8) is 0 Å². The van der Waals surface area contributed by atoms with E-state index in [-0.39, 0.29) is 0 Å². The lowest BCUT2D eigenvalue weighted by Gasteiger charge is -2.20. The minimum atomic E-state index is 0.727. The van der Waals surface area contributed by atoms with Crippen molar-refractivity contribution in [2.75, 3.05) is 32.1 Å². The molecule has 0 aliphatic heterocycles. The summed E-state index contributed by atoms with van der Waals surface area (Å²) in [4.78, 5) is 6.62. The molecule has 0 fully saturated rings. The summed E-state index contributed by atoms with van der Waals surface area (Å²) in [5.74, 6) is 0. The van der Waals surface area contributed by atoms with Gasteiger partial charge in [-0.25, -0.2) is 0 Å². The normalized spacial score (nSPS) is 10.8. The minimum Gasteiger partial charge on any atom is -0.374 e. The van der Waals surface area contributed by atoms with Crippen LogP contribution in [0.2, 0.25) is 5.02 Å². The Morgan fingerprint density at radius 2 is 2.17 bits per heavy atom. The lowest BCUT2D eigenvalue weighted by atomic mass is 10.1. The Hall–Kier alpha value is -1.32. The van der Waals surface area contributed by atoms with Gasteiger partial charge in [-0.15, -0.1) is 0 Å². The van der Waals surface area contributed by atoms with Gasteiger partial charge >= 0.3 is 0 Å². The van der Waals surface area contributed by atoms with Crippen molar-refractivity contribution in [2.24, 2.45) is 0 Å². The van der Waals surface area contributed by atoms with Crippen molar-refractivity contribution < 1.29 is 0 Å². The van der Waals surface area contributed by atoms with Gasteiger partial charge in [-0.3, -0.25) is 4.98 Å². The number of rotatable bonds is 5. The lowest BCUT2D eigenvalue weighted by Crippen LogP contribution is -2.22. The van der Waals surface area contributed by atoms with Gasteiger partial charge < -0.3 is 10.2 Å². The van der Waals surface area contributed by atoms with Gasteiger partial charge in [0.2, 0.25) is 0 Å². The maximum absolute atomic E-state index is 5.99. The number of benzene rings is 1. The van der Waals surface area contributed by atoms with E-state index < -0.39 is 0 Å². The molecular formula is C14H18ClN3. The van der Waals surface area contributed by atoms with E-state index >= 15 is 0 Å². The number of aromatic nitrogens is 1. The first-order chi connectivity index (χ1) is 8.72. The third-order valence-electron chi connectivity index (χ3n) is 3.01. The monoisotopic (exact) mass is 263 g/mol. The molecule has 0 aliphatic rings. The molecule has 0 amide bonds. The molecule has 1 heterocycles. The fourth-order valence-corrected chi connectivity index (χ4v) is 2.22. The van der Waals surface area contributed by atoms with Gasteiger partial charge in [-0.05, 0) is 44.3 Å². The highest BCUT2D eigenvalue weighted by molar-refractivity contribution is 6.31. The van der Waals surface area contributed by atoms with Crippen molar-refractivity contribution in [2.45, 2.75) is 6.42 Å². The molecule has 96 valence electrons. The van der Waals surface area contributed by atoms with Crippen LogP contribution in [0, 0.1) is 0 Å². The summed E-state index contributed by atoms with van der Waals surface area (Å²) < 4.78 is 0. The molecule has 1 aromatic heterocycles. The molecule has 0 saturated heterocycles. The van der Waals surface area contributed by atoms with E-state index in [4.69, 9.17) is 11.6 Å². The van der Waals surface area contributed by atoms with Crippen LogP contribution < -0.4 is 10.2 Å². The van der Waals surface area contributed by atoms with Crippen molar-refractivity contribution in [3.05, 3.63) is 35.5 Å². The third-order valence-corrected chi connectivity index (χ3v) is 3.25. The van der Waals surface area contributed by atoms with Crippen LogP contribution >= 0.6 is 11.6 Å². The second-order valence-electron chi connectivity index (χ2n) is 4.37. The number of anilines is 1. The fraction of sp³-hybridized carbons (Fsp3) is 0.357. The number of pyridine rings is 1. The van der Waals surface area contributed by atoms with Crippen LogP contribution in [0.15, 0.2) is 30.5 Å². The molecule has 18 heavy (non-hydrogen) atoms. The Labute approximate surface area is 113 Å². The van der Waals surface area contributed by atoms with Crippen LogP contribution in [0.4, 0.5) is 5.69 Å². The summed E-state index contributed by atoms with van der Waals surface area (Å²) in [7, 11) is 4.09. The van der Waals surface area contributed by atoms with Gasteiger partial charge in [0.05, 0.1) is 5.52 Å². The quantitative estimate of drug-likeness (QED) is 0.841. The maximum atomic E-state index is 5.99. The Balaban J connectivity index is 2.27. The highest BCUT2D eigenvalue weighted by Crippen LogP contribution is 2.26. The van der Waals surface area contributed by atoms with Crippen molar-refractivity contribution >= 4 is 28.2 Å². The number of hydrogen-bond acceptors (Lipinski definition) is 3. The van der Waals surface area contributed by atoms with Gasteiger partial charge in [0.25, 0.3) is 0 Å². The molecule has 0 bridgehead atoms. The first kappa shape index (κ1) is 13.1. The number of fused-ring (bicyclic) bond motifs is 1. The summed E-state index contributed by atoms with van der Waals surface area (Å²) in [6.07, 6.45) is 2.95. The predicted molar refractivity (Wildman–Crippen MR) is 78.6 cm³/mol. The van der Waals surface area contributed by atoms with Crippen LogP contribution in [0.25, 0.3) is 10.9 Å². The average Bonchev–Trinajstić information content (AvgIpc) is 2.37. The molecule has 1 N–H and O–H groups in total. The van der Waals surface area contributed by atoms with Gasteiger partial charge in [-0.1, -0.05) is 11.6 Å². The molecule has 3 nitrogen and oxygen atoms in total. The third kappa shape index (κ3) is 2.92. The van der Waals surface area contributed by atoms with Gasteiger partial charge in [-0.2, -0.15) is 0 Å². The van der Waals surface area contributed by atoms with E-state index in [0.717, 1.165) is 35.4 Å². The summed E-state index contributed by atoms with van der Waals surface area (Å²) in [6, 6.07) is 7.91. The Kier molecular flexibility index (Phi) is 4.39. The van der Waals surface area contributed by atoms with Gasteiger partial charge in [0.1, 0.15) is 0 Å². The molecule has 0 atom stereocenters. The Morgan fingerprint density at radius 3 is 2.94 bits per heavy atom. The highest BCUT2D eigenvalue weighted by atomic mass is 35.5. The first-order valence-corrected chi connectivity index (χ1v) is 6.50. The molecule has 1 aromatic carbocycles. The largest absolute Gasteiger partial charge is 0.374 e. The van der Waals surface area contributed by atoms with Crippen LogP contribution in [-0.2, 0) is 0 Å². The molecular weight excluding hydrogens is 246 g/mol. The summed E-state index contributed by atoms with van der Waals surface area (Å²) in [6.45, 7) is 2.04. The molecule has 0 spiro atoms. The molecule has 0 unspecified atom stereocenters. The first-order valence-electron chi connectivity index (χ1n) is 6.12. The highest BCUT2D eigenvalue weighted by Gasteiger charge is 2.06. The fourth-order valence-electron chi connectivity index (χ4n) is 2.05. The zero-order valence-corrected chi connectivity index (χ0v) is 11.5. The SMILES string of the molecule is CNCCCN(C)c1ccnc2cc(Cl)ccc12. The topological polar surface area (TPSA) is 28.2 Å². The van der Waals surface area contributed by atoms with Gasteiger partial charge in [0.15, 0.2) is 0 Å². The zero-order valence-electron chi connectivity index (χ0n) is 10.8. The van der Waals surface area contributed by atoms with Gasteiger partial charge in [0, 0.05) is 35.9 Å². The number of nitrogens with one attached hydrogen (secondary N) is 1. The molecule has 0 saturated carbocycles. The summed E-state index contributed by atoms with van der Waals surface area (Å²) in [5, 5.41) is 5.04. The summed E-state index contributed by atoms with van der Waals surface area (Å²) in [5.41, 5.74) is 2.15. The number of nitrogens with zero attached hydrogens (tertiary/aromatic N) is 2. The predicted octanol–water partition coefficient (Wildman–Crippen LogP) is 2.93. The van der Waals surface area contributed by atoms with Crippen LogP contribution in [0.3, 0.4) is 0 Å². The van der Waals surface area contributed by atoms with Crippen LogP contribution in [0.1, 0.15) is 6.42 Å². The van der Waals surface area contributed by atoms with E-state index in [1.54, 1.807) is 0 Å². The lowest BCUT2D eigenvalue weighted by molar-refractivity contribution is 0.713. The van der Waals surface area contributed by atoms with E-state index in [1.807, 2.05) is 31.4 Å². The van der Waals surface area contributed by atoms with Crippen molar-refractivity contribution in [1.29, 1.82) is 0 Å². The molecule has 2 rings (SSSR count). The van der Waals surface area contributed by atoms with Crippen LogP contribution in [0.5, 0.6) is 0 Å². The maximum Gasteiger partial charge on any atom is 0.0737 e. The van der Waals surface area contributed by atoms with E-state index in [1.165, 1.54) is 5.69 Å². The number of halogens is 1. The average molecular weight is 264 g/mol. The van der Waals surface area contributed by atoms with Crippen molar-refractivity contribution in [1.82, 2.24) is 10.3 Å². The second-order valence-corrected chi connectivity index (χ2v) is 4.81. The Bertz CT molecular complexity index is 527. The Morgan fingerprint density at radius 1 is 1.33 bits per heavy atom. The second kappa shape index (κ2) is 6.03.